The van der Waals surface area contributed by atoms with Gasteiger partial charge in [-0.1, -0.05) is 12.1 Å². The first-order valence-corrected chi connectivity index (χ1v) is 7.81. The highest BCUT2D eigenvalue weighted by atomic mass is 16.5. The third kappa shape index (κ3) is 3.78. The largest absolute Gasteiger partial charge is 0.423 e. The summed E-state index contributed by atoms with van der Waals surface area (Å²) in [6.45, 7) is 0. The van der Waals surface area contributed by atoms with Crippen molar-refractivity contribution in [3.05, 3.63) is 71.8 Å². The molecule has 0 heterocycles. The van der Waals surface area contributed by atoms with Gasteiger partial charge in [0, 0.05) is 0 Å². The van der Waals surface area contributed by atoms with Crippen molar-refractivity contribution in [3.63, 3.8) is 0 Å². The van der Waals surface area contributed by atoms with Gasteiger partial charge in [0.15, 0.2) is 0 Å². The van der Waals surface area contributed by atoms with Crippen molar-refractivity contribution in [1.82, 2.24) is 0 Å². The topological polar surface area (TPSA) is 144 Å². The highest BCUT2D eigenvalue weighted by Gasteiger charge is 2.10. The number of nitrogens with two attached hydrogens (primary N) is 4. The van der Waals surface area contributed by atoms with Crippen LogP contribution in [-0.2, 0) is 0 Å². The van der Waals surface area contributed by atoms with Crippen LogP contribution in [0.1, 0.15) is 15.9 Å². The molecular formula is C19H19N5O2+2. The van der Waals surface area contributed by atoms with E-state index in [9.17, 15) is 4.79 Å². The molecule has 130 valence electrons. The minimum Gasteiger partial charge on any atom is -0.423 e. The summed E-state index contributed by atoms with van der Waals surface area (Å²) in [7, 11) is 0. The molecule has 0 aliphatic rings. The SMILES string of the molecule is NC(=[NH2+])c1ccc2cc(OC(=O)c3ccc([NH+]=C(N)N)cc3)ccc2c1. The van der Waals surface area contributed by atoms with E-state index in [0.29, 0.717) is 17.0 Å². The van der Waals surface area contributed by atoms with Crippen LogP contribution in [0.2, 0.25) is 0 Å². The lowest BCUT2D eigenvalue weighted by Gasteiger charge is -2.06. The minimum atomic E-state index is -0.461. The second kappa shape index (κ2) is 6.94. The number of hydrogen-bond acceptors (Lipinski definition) is 2. The van der Waals surface area contributed by atoms with Gasteiger partial charge in [-0.25, -0.2) is 9.79 Å². The molecule has 0 fully saturated rings. The van der Waals surface area contributed by atoms with E-state index in [1.54, 1.807) is 36.4 Å². The monoisotopic (exact) mass is 349 g/mol. The van der Waals surface area contributed by atoms with Crippen LogP contribution in [0, 0.1) is 0 Å². The molecule has 3 rings (SSSR count). The van der Waals surface area contributed by atoms with Gasteiger partial charge >= 0.3 is 11.9 Å². The van der Waals surface area contributed by atoms with Gasteiger partial charge in [-0.05, 0) is 59.3 Å². The average molecular weight is 349 g/mol. The van der Waals surface area contributed by atoms with E-state index in [1.807, 2.05) is 24.3 Å². The van der Waals surface area contributed by atoms with E-state index in [-0.39, 0.29) is 11.8 Å². The summed E-state index contributed by atoms with van der Waals surface area (Å²) in [6, 6.07) is 17.5. The van der Waals surface area contributed by atoms with Gasteiger partial charge in [-0.15, -0.1) is 0 Å². The summed E-state index contributed by atoms with van der Waals surface area (Å²) in [5.74, 6) is 0.321. The normalized spacial score (nSPS) is 10.3. The number of rotatable bonds is 4. The standard InChI is InChI=1S/C19H17N5O2/c20-17(21)14-2-1-13-10-16(8-5-12(13)9-14)26-18(25)11-3-6-15(7-4-11)24-19(22)23/h1-10H,(H3,20,21)(H4,22,23,24)/p+2. The highest BCUT2D eigenvalue weighted by Crippen LogP contribution is 2.22. The molecule has 26 heavy (non-hydrogen) atoms. The Kier molecular flexibility index (Phi) is 4.53. The quantitative estimate of drug-likeness (QED) is 0.169. The van der Waals surface area contributed by atoms with Gasteiger partial charge in [0.2, 0.25) is 0 Å². The number of fused-ring (bicyclic) bond motifs is 1. The van der Waals surface area contributed by atoms with Crippen LogP contribution < -0.4 is 32.3 Å². The first-order valence-electron chi connectivity index (χ1n) is 7.81. The lowest BCUT2D eigenvalue weighted by molar-refractivity contribution is -0.356. The van der Waals surface area contributed by atoms with Crippen LogP contribution in [0.25, 0.3) is 10.8 Å². The smallest absolute Gasteiger partial charge is 0.343 e. The second-order valence-corrected chi connectivity index (χ2v) is 5.73. The third-order valence-electron chi connectivity index (χ3n) is 3.76. The summed E-state index contributed by atoms with van der Waals surface area (Å²) in [5, 5.41) is 7.46. The van der Waals surface area contributed by atoms with Crippen molar-refractivity contribution in [2.75, 3.05) is 0 Å². The molecule has 0 bridgehead atoms. The van der Waals surface area contributed by atoms with Crippen molar-refractivity contribution in [2.24, 2.45) is 17.2 Å². The maximum atomic E-state index is 12.3. The lowest BCUT2D eigenvalue weighted by atomic mass is 10.1. The molecular weight excluding hydrogens is 330 g/mol. The zero-order chi connectivity index (χ0) is 18.7. The summed E-state index contributed by atoms with van der Waals surface area (Å²) in [5.41, 5.74) is 18.2. The van der Waals surface area contributed by atoms with Crippen molar-refractivity contribution >= 4 is 34.2 Å². The molecule has 0 saturated carbocycles. The number of carbonyl (C=O) groups excluding carboxylic acids is 1. The molecule has 0 aliphatic heterocycles. The van der Waals surface area contributed by atoms with E-state index in [2.05, 4.69) is 4.99 Å². The molecule has 0 aromatic heterocycles. The van der Waals surface area contributed by atoms with Gasteiger partial charge in [0.1, 0.15) is 5.75 Å². The van der Waals surface area contributed by atoms with Gasteiger partial charge in [-0.2, -0.15) is 0 Å². The fraction of sp³-hybridized carbons (Fsp3) is 0. The zero-order valence-corrected chi connectivity index (χ0v) is 13.9. The Balaban J connectivity index is 1.79. The predicted octanol–water partition coefficient (Wildman–Crippen LogP) is -1.49. The Hall–Kier alpha value is -3.87. The van der Waals surface area contributed by atoms with Crippen LogP contribution in [-0.4, -0.2) is 17.8 Å². The summed E-state index contributed by atoms with van der Waals surface area (Å²) in [6.07, 6.45) is 0. The molecule has 9 N–H and O–H groups in total. The summed E-state index contributed by atoms with van der Waals surface area (Å²) >= 11 is 0. The minimum absolute atomic E-state index is 0.0774. The fourth-order valence-corrected chi connectivity index (χ4v) is 2.49. The van der Waals surface area contributed by atoms with Crippen molar-refractivity contribution in [3.8, 4) is 5.75 Å². The lowest BCUT2D eigenvalue weighted by Crippen LogP contribution is -2.72. The van der Waals surface area contributed by atoms with Crippen molar-refractivity contribution in [2.45, 2.75) is 0 Å². The Morgan fingerprint density at radius 3 is 2.12 bits per heavy atom. The number of amidine groups is 1. The van der Waals surface area contributed by atoms with Gasteiger partial charge < -0.3 is 4.74 Å². The van der Waals surface area contributed by atoms with Gasteiger partial charge in [0.25, 0.3) is 5.84 Å². The van der Waals surface area contributed by atoms with Gasteiger partial charge in [0.05, 0.1) is 16.8 Å². The molecule has 7 nitrogen and oxygen atoms in total. The van der Waals surface area contributed by atoms with E-state index in [4.69, 9.17) is 27.3 Å². The Morgan fingerprint density at radius 1 is 0.846 bits per heavy atom. The number of hydrogen-bond donors (Lipinski definition) is 5. The maximum Gasteiger partial charge on any atom is 0.343 e. The van der Waals surface area contributed by atoms with Crippen molar-refractivity contribution < 1.29 is 19.9 Å². The molecule has 0 spiro atoms. The number of benzene rings is 3. The molecule has 0 radical (unpaired) electrons. The predicted molar refractivity (Wildman–Crippen MR) is 99.6 cm³/mol. The molecule has 0 atom stereocenters. The molecule has 0 amide bonds. The Morgan fingerprint density at radius 2 is 1.46 bits per heavy atom. The number of guanidine groups is 1. The van der Waals surface area contributed by atoms with E-state index >= 15 is 0 Å². The molecule has 0 unspecified atom stereocenters. The van der Waals surface area contributed by atoms with Crippen LogP contribution in [0.5, 0.6) is 5.75 Å². The zero-order valence-electron chi connectivity index (χ0n) is 13.9. The first kappa shape index (κ1) is 17.0. The third-order valence-corrected chi connectivity index (χ3v) is 3.76. The molecule has 7 heteroatoms. The first-order chi connectivity index (χ1) is 12.4. The maximum absolute atomic E-state index is 12.3. The molecule has 3 aromatic carbocycles. The van der Waals surface area contributed by atoms with Crippen molar-refractivity contribution in [1.29, 1.82) is 0 Å². The van der Waals surface area contributed by atoms with Crippen LogP contribution in [0.4, 0.5) is 5.69 Å². The number of nitrogens with one attached hydrogen (secondary N) is 1. The second-order valence-electron chi connectivity index (χ2n) is 5.73. The number of esters is 1. The summed E-state index contributed by atoms with van der Waals surface area (Å²) < 4.78 is 5.44. The van der Waals surface area contributed by atoms with Crippen LogP contribution in [0.3, 0.4) is 0 Å². The highest BCUT2D eigenvalue weighted by molar-refractivity contribution is 5.98. The molecule has 0 saturated heterocycles. The number of ether oxygens (including phenoxy) is 1. The van der Waals surface area contributed by atoms with E-state index < -0.39 is 5.97 Å². The summed E-state index contributed by atoms with van der Waals surface area (Å²) in [4.78, 5) is 15.0. The Labute approximate surface area is 149 Å². The molecule has 3 aromatic rings. The van der Waals surface area contributed by atoms with E-state index in [0.717, 1.165) is 16.3 Å². The fourth-order valence-electron chi connectivity index (χ4n) is 2.49. The average Bonchev–Trinajstić information content (AvgIpc) is 2.61. The Bertz CT molecular complexity index is 1020. The number of carbonyl (C=O) groups is 1. The van der Waals surface area contributed by atoms with E-state index in [1.165, 1.54) is 0 Å². The van der Waals surface area contributed by atoms with Crippen LogP contribution in [0.15, 0.2) is 60.7 Å². The molecule has 0 aliphatic carbocycles. The van der Waals surface area contributed by atoms with Gasteiger partial charge in [-0.3, -0.25) is 22.6 Å². The van der Waals surface area contributed by atoms with Crippen LogP contribution >= 0.6 is 0 Å².